The summed E-state index contributed by atoms with van der Waals surface area (Å²) in [4.78, 5) is 2.13. The van der Waals surface area contributed by atoms with E-state index in [9.17, 15) is 0 Å². The van der Waals surface area contributed by atoms with Gasteiger partial charge in [-0.2, -0.15) is 0 Å². The minimum atomic E-state index is 0.575. The zero-order valence-electron chi connectivity index (χ0n) is 13.3. The highest BCUT2D eigenvalue weighted by Crippen LogP contribution is 2.28. The zero-order valence-corrected chi connectivity index (χ0v) is 13.3. The van der Waals surface area contributed by atoms with E-state index >= 15 is 0 Å². The summed E-state index contributed by atoms with van der Waals surface area (Å²) >= 11 is 0. The van der Waals surface area contributed by atoms with Crippen molar-refractivity contribution in [3.8, 4) is 11.1 Å². The highest BCUT2D eigenvalue weighted by atomic mass is 15.1. The monoisotopic (exact) mass is 267 g/mol. The summed E-state index contributed by atoms with van der Waals surface area (Å²) in [5.41, 5.74) is 6.79. The van der Waals surface area contributed by atoms with E-state index in [1.165, 1.54) is 27.9 Å². The van der Waals surface area contributed by atoms with E-state index < -0.39 is 0 Å². The van der Waals surface area contributed by atoms with Gasteiger partial charge in [0.05, 0.1) is 0 Å². The van der Waals surface area contributed by atoms with E-state index in [1.807, 2.05) is 0 Å². The quantitative estimate of drug-likeness (QED) is 0.744. The molecule has 0 atom stereocenters. The van der Waals surface area contributed by atoms with Crippen LogP contribution in [0.1, 0.15) is 37.8 Å². The van der Waals surface area contributed by atoms with Gasteiger partial charge in [0, 0.05) is 19.8 Å². The molecule has 0 unspecified atom stereocenters. The first-order valence-corrected chi connectivity index (χ1v) is 7.43. The predicted molar refractivity (Wildman–Crippen MR) is 89.7 cm³/mol. The van der Waals surface area contributed by atoms with Crippen LogP contribution < -0.4 is 4.90 Å². The second-order valence-electron chi connectivity index (χ2n) is 5.86. The Bertz CT molecular complexity index is 565. The van der Waals surface area contributed by atoms with Crippen LogP contribution in [0.25, 0.3) is 11.1 Å². The van der Waals surface area contributed by atoms with Crippen molar-refractivity contribution < 1.29 is 0 Å². The largest absolute Gasteiger partial charge is 0.378 e. The van der Waals surface area contributed by atoms with Gasteiger partial charge in [-0.05, 0) is 46.7 Å². The minimum Gasteiger partial charge on any atom is -0.378 e. The van der Waals surface area contributed by atoms with Gasteiger partial charge in [-0.15, -0.1) is 0 Å². The van der Waals surface area contributed by atoms with Gasteiger partial charge in [0.2, 0.25) is 0 Å². The molecule has 106 valence electrons. The van der Waals surface area contributed by atoms with E-state index in [0.717, 1.165) is 6.42 Å². The van der Waals surface area contributed by atoms with Crippen molar-refractivity contribution in [2.24, 2.45) is 0 Å². The van der Waals surface area contributed by atoms with Crippen LogP contribution in [-0.4, -0.2) is 14.1 Å². The lowest BCUT2D eigenvalue weighted by molar-refractivity contribution is 0.845. The zero-order chi connectivity index (χ0) is 14.7. The van der Waals surface area contributed by atoms with Crippen molar-refractivity contribution in [3.05, 3.63) is 53.6 Å². The van der Waals surface area contributed by atoms with Crippen LogP contribution in [0.5, 0.6) is 0 Å². The van der Waals surface area contributed by atoms with E-state index in [-0.39, 0.29) is 0 Å². The third kappa shape index (κ3) is 3.04. The molecule has 0 N–H and O–H groups in total. The SMILES string of the molecule is CCc1ccc(-c2ccc(N(C)C)cc2)cc1C(C)C. The predicted octanol–water partition coefficient (Wildman–Crippen LogP) is 5.11. The third-order valence-corrected chi connectivity index (χ3v) is 3.87. The average Bonchev–Trinajstić information content (AvgIpc) is 2.46. The molecule has 2 rings (SSSR count). The maximum absolute atomic E-state index is 2.36. The second kappa shape index (κ2) is 6.13. The van der Waals surface area contributed by atoms with Gasteiger partial charge in [0.25, 0.3) is 0 Å². The van der Waals surface area contributed by atoms with Gasteiger partial charge in [0.1, 0.15) is 0 Å². The minimum absolute atomic E-state index is 0.575. The van der Waals surface area contributed by atoms with Crippen molar-refractivity contribution in [2.45, 2.75) is 33.1 Å². The maximum Gasteiger partial charge on any atom is 0.0361 e. The summed E-state index contributed by atoms with van der Waals surface area (Å²) in [6.45, 7) is 6.77. The number of anilines is 1. The topological polar surface area (TPSA) is 3.24 Å². The first-order chi connectivity index (χ1) is 9.52. The Hall–Kier alpha value is -1.76. The Morgan fingerprint density at radius 2 is 1.50 bits per heavy atom. The smallest absolute Gasteiger partial charge is 0.0361 e. The van der Waals surface area contributed by atoms with Gasteiger partial charge < -0.3 is 4.90 Å². The lowest BCUT2D eigenvalue weighted by Crippen LogP contribution is -2.07. The molecule has 0 heterocycles. The molecule has 0 saturated carbocycles. The molecule has 1 heteroatoms. The van der Waals surface area contributed by atoms with Gasteiger partial charge in [-0.3, -0.25) is 0 Å². The molecule has 0 aliphatic rings. The Balaban J connectivity index is 2.40. The standard InChI is InChI=1S/C19H25N/c1-6-15-7-8-17(13-19(15)14(2)3)16-9-11-18(12-10-16)20(4)5/h7-14H,6H2,1-5H3. The van der Waals surface area contributed by atoms with Crippen molar-refractivity contribution in [1.82, 2.24) is 0 Å². The van der Waals surface area contributed by atoms with Crippen molar-refractivity contribution in [3.63, 3.8) is 0 Å². The van der Waals surface area contributed by atoms with Crippen LogP contribution in [0, 0.1) is 0 Å². The molecule has 0 fully saturated rings. The number of aryl methyl sites for hydroxylation is 1. The van der Waals surface area contributed by atoms with Gasteiger partial charge in [-0.25, -0.2) is 0 Å². The molecule has 0 aliphatic carbocycles. The van der Waals surface area contributed by atoms with Crippen LogP contribution in [0.3, 0.4) is 0 Å². The third-order valence-electron chi connectivity index (χ3n) is 3.87. The molecule has 2 aromatic carbocycles. The maximum atomic E-state index is 2.36. The van der Waals surface area contributed by atoms with E-state index in [1.54, 1.807) is 0 Å². The highest BCUT2D eigenvalue weighted by molar-refractivity contribution is 5.67. The summed E-state index contributed by atoms with van der Waals surface area (Å²) in [6, 6.07) is 15.7. The molecular weight excluding hydrogens is 242 g/mol. The van der Waals surface area contributed by atoms with Gasteiger partial charge in [-0.1, -0.05) is 51.1 Å². The fraction of sp³-hybridized carbons (Fsp3) is 0.368. The molecule has 0 aliphatic heterocycles. The first-order valence-electron chi connectivity index (χ1n) is 7.43. The molecule has 0 aromatic heterocycles. The normalized spacial score (nSPS) is 10.9. The Labute approximate surface area is 123 Å². The number of hydrogen-bond donors (Lipinski definition) is 0. The Kier molecular flexibility index (Phi) is 4.49. The molecule has 20 heavy (non-hydrogen) atoms. The Morgan fingerprint density at radius 1 is 0.900 bits per heavy atom. The van der Waals surface area contributed by atoms with Crippen LogP contribution in [0.2, 0.25) is 0 Å². The number of hydrogen-bond acceptors (Lipinski definition) is 1. The van der Waals surface area contributed by atoms with Crippen molar-refractivity contribution >= 4 is 5.69 Å². The van der Waals surface area contributed by atoms with Crippen LogP contribution in [-0.2, 0) is 6.42 Å². The second-order valence-corrected chi connectivity index (χ2v) is 5.86. The fourth-order valence-corrected chi connectivity index (χ4v) is 2.59. The molecule has 0 spiro atoms. The molecule has 0 saturated heterocycles. The number of benzene rings is 2. The van der Waals surface area contributed by atoms with Gasteiger partial charge >= 0.3 is 0 Å². The molecule has 0 amide bonds. The molecular formula is C19H25N. The summed E-state index contributed by atoms with van der Waals surface area (Å²) in [5.74, 6) is 0.575. The molecule has 2 aromatic rings. The summed E-state index contributed by atoms with van der Waals surface area (Å²) in [5, 5.41) is 0. The summed E-state index contributed by atoms with van der Waals surface area (Å²) in [6.07, 6.45) is 1.10. The fourth-order valence-electron chi connectivity index (χ4n) is 2.59. The number of rotatable bonds is 4. The lowest BCUT2D eigenvalue weighted by Gasteiger charge is -2.15. The average molecular weight is 267 g/mol. The van der Waals surface area contributed by atoms with Crippen LogP contribution in [0.4, 0.5) is 5.69 Å². The van der Waals surface area contributed by atoms with Crippen molar-refractivity contribution in [2.75, 3.05) is 19.0 Å². The highest BCUT2D eigenvalue weighted by Gasteiger charge is 2.08. The molecule has 1 nitrogen and oxygen atoms in total. The molecule has 0 radical (unpaired) electrons. The molecule has 0 bridgehead atoms. The van der Waals surface area contributed by atoms with E-state index in [0.29, 0.717) is 5.92 Å². The van der Waals surface area contributed by atoms with Gasteiger partial charge in [0.15, 0.2) is 0 Å². The van der Waals surface area contributed by atoms with E-state index in [2.05, 4.69) is 82.2 Å². The summed E-state index contributed by atoms with van der Waals surface area (Å²) in [7, 11) is 4.14. The Morgan fingerprint density at radius 3 is 2.00 bits per heavy atom. The lowest BCUT2D eigenvalue weighted by atomic mass is 9.91. The number of nitrogens with zero attached hydrogens (tertiary/aromatic N) is 1. The van der Waals surface area contributed by atoms with Crippen molar-refractivity contribution in [1.29, 1.82) is 0 Å². The van der Waals surface area contributed by atoms with Crippen LogP contribution in [0.15, 0.2) is 42.5 Å². The van der Waals surface area contributed by atoms with Crippen LogP contribution >= 0.6 is 0 Å². The first kappa shape index (κ1) is 14.6. The van der Waals surface area contributed by atoms with E-state index in [4.69, 9.17) is 0 Å². The summed E-state index contributed by atoms with van der Waals surface area (Å²) < 4.78 is 0.